The Kier molecular flexibility index (Phi) is 5.11. The van der Waals surface area contributed by atoms with Crippen molar-refractivity contribution in [3.8, 4) is 0 Å². The molecule has 0 spiro atoms. The van der Waals surface area contributed by atoms with E-state index >= 15 is 0 Å². The van der Waals surface area contributed by atoms with Gasteiger partial charge in [0.1, 0.15) is 0 Å². The highest BCUT2D eigenvalue weighted by Crippen LogP contribution is 2.30. The van der Waals surface area contributed by atoms with Crippen LogP contribution in [0.1, 0.15) is 23.2 Å². The number of nitrogens with zero attached hydrogens (tertiary/aromatic N) is 2. The van der Waals surface area contributed by atoms with E-state index in [1.54, 1.807) is 0 Å². The van der Waals surface area contributed by atoms with E-state index in [1.165, 1.54) is 4.90 Å². The summed E-state index contributed by atoms with van der Waals surface area (Å²) in [4.78, 5) is 28.5. The number of carbonyl (C=O) groups excluding carboxylic acids is 2. The number of amides is 2. The second-order valence-electron chi connectivity index (χ2n) is 5.08. The van der Waals surface area contributed by atoms with Gasteiger partial charge in [0.25, 0.3) is 15.7 Å². The maximum absolute atomic E-state index is 12.7. The molecular formula is C13H14F3N3O4S. The predicted molar refractivity (Wildman–Crippen MR) is 75.6 cm³/mol. The smallest absolute Gasteiger partial charge is 0.343 e. The lowest BCUT2D eigenvalue weighted by atomic mass is 10.2. The van der Waals surface area contributed by atoms with Gasteiger partial charge in [-0.05, 0) is 25.0 Å². The van der Waals surface area contributed by atoms with Crippen LogP contribution >= 0.6 is 0 Å². The first-order chi connectivity index (χ1) is 11.1. The molecule has 7 nitrogen and oxygen atoms in total. The van der Waals surface area contributed by atoms with E-state index in [4.69, 9.17) is 0 Å². The summed E-state index contributed by atoms with van der Waals surface area (Å²) < 4.78 is 60.9. The largest absolute Gasteiger partial charge is 0.503 e. The number of sulfone groups is 1. The van der Waals surface area contributed by atoms with Crippen molar-refractivity contribution in [2.24, 2.45) is 0 Å². The quantitative estimate of drug-likeness (QED) is 0.848. The van der Waals surface area contributed by atoms with Gasteiger partial charge in [-0.25, -0.2) is 13.4 Å². The van der Waals surface area contributed by atoms with Gasteiger partial charge in [0.05, 0.1) is 12.1 Å². The van der Waals surface area contributed by atoms with E-state index in [9.17, 15) is 31.2 Å². The minimum atomic E-state index is -5.77. The van der Waals surface area contributed by atoms with Gasteiger partial charge in [0.15, 0.2) is 5.03 Å². The zero-order chi connectivity index (χ0) is 18.0. The van der Waals surface area contributed by atoms with E-state index < -0.39 is 38.4 Å². The summed E-state index contributed by atoms with van der Waals surface area (Å²) in [6, 6.07) is 2.04. The molecule has 1 aliphatic rings. The Morgan fingerprint density at radius 2 is 1.88 bits per heavy atom. The van der Waals surface area contributed by atoms with Crippen molar-refractivity contribution >= 4 is 21.7 Å². The Morgan fingerprint density at radius 3 is 2.46 bits per heavy atom. The predicted octanol–water partition coefficient (Wildman–Crippen LogP) is 0.727. The van der Waals surface area contributed by atoms with Crippen LogP contribution in [0.4, 0.5) is 13.2 Å². The van der Waals surface area contributed by atoms with Gasteiger partial charge in [0.2, 0.25) is 5.91 Å². The number of alkyl halides is 3. The zero-order valence-electron chi connectivity index (χ0n) is 12.3. The minimum Gasteiger partial charge on any atom is -0.343 e. The second-order valence-corrected chi connectivity index (χ2v) is 6.93. The Morgan fingerprint density at radius 1 is 1.25 bits per heavy atom. The third-order valence-corrected chi connectivity index (χ3v) is 4.88. The highest BCUT2D eigenvalue weighted by molar-refractivity contribution is 7.92. The van der Waals surface area contributed by atoms with Crippen LogP contribution in [0.5, 0.6) is 0 Å². The molecule has 1 aromatic rings. The summed E-state index contributed by atoms with van der Waals surface area (Å²) in [5, 5.41) is 0.752. The number of carbonyl (C=O) groups is 2. The van der Waals surface area contributed by atoms with Crippen molar-refractivity contribution in [1.29, 1.82) is 0 Å². The molecule has 1 aromatic heterocycles. The van der Waals surface area contributed by atoms with Gasteiger partial charge in [-0.2, -0.15) is 13.2 Å². The fraction of sp³-hybridized carbons (Fsp3) is 0.462. The molecule has 1 saturated heterocycles. The summed E-state index contributed by atoms with van der Waals surface area (Å²) in [6.07, 6.45) is 2.53. The Bertz CT molecular complexity index is 743. The lowest BCUT2D eigenvalue weighted by molar-refractivity contribution is -0.129. The van der Waals surface area contributed by atoms with E-state index in [2.05, 4.69) is 10.3 Å². The highest BCUT2D eigenvalue weighted by Gasteiger charge is 2.49. The molecule has 0 bridgehead atoms. The zero-order valence-corrected chi connectivity index (χ0v) is 13.2. The molecule has 2 rings (SSSR count). The lowest BCUT2D eigenvalue weighted by Gasteiger charge is -2.16. The number of nitrogens with one attached hydrogen (secondary N) is 1. The van der Waals surface area contributed by atoms with Gasteiger partial charge in [-0.15, -0.1) is 0 Å². The number of aromatic nitrogens is 1. The van der Waals surface area contributed by atoms with E-state index in [0.29, 0.717) is 13.1 Å². The van der Waals surface area contributed by atoms with Crippen LogP contribution in [0.3, 0.4) is 0 Å². The Balaban J connectivity index is 2.17. The number of hydrogen-bond acceptors (Lipinski definition) is 5. The number of rotatable bonds is 4. The molecule has 0 unspecified atom stereocenters. The van der Waals surface area contributed by atoms with Crippen molar-refractivity contribution < 1.29 is 31.2 Å². The topological polar surface area (TPSA) is 96.4 Å². The molecule has 132 valence electrons. The SMILES string of the molecule is O=C(NCC(=O)N1CCCC1)c1cccnc1S(=O)(=O)C(F)(F)F. The molecule has 0 atom stereocenters. The summed E-state index contributed by atoms with van der Waals surface area (Å²) in [7, 11) is -5.77. The Hall–Kier alpha value is -2.17. The number of hydrogen-bond donors (Lipinski definition) is 1. The van der Waals surface area contributed by atoms with Crippen LogP contribution in [-0.4, -0.2) is 55.3 Å². The third-order valence-electron chi connectivity index (χ3n) is 3.43. The lowest BCUT2D eigenvalue weighted by Crippen LogP contribution is -2.39. The van der Waals surface area contributed by atoms with Gasteiger partial charge < -0.3 is 10.2 Å². The average molecular weight is 365 g/mol. The minimum absolute atomic E-state index is 0.384. The fourth-order valence-corrected chi connectivity index (χ4v) is 3.09. The molecular weight excluding hydrogens is 351 g/mol. The summed E-state index contributed by atoms with van der Waals surface area (Å²) in [5.41, 5.74) is -6.34. The first-order valence-electron chi connectivity index (χ1n) is 6.97. The molecule has 1 fully saturated rings. The van der Waals surface area contributed by atoms with Crippen molar-refractivity contribution in [1.82, 2.24) is 15.2 Å². The maximum Gasteiger partial charge on any atom is 0.503 e. The first-order valence-corrected chi connectivity index (χ1v) is 8.45. The molecule has 1 N–H and O–H groups in total. The van der Waals surface area contributed by atoms with E-state index in [1.807, 2.05) is 0 Å². The second kappa shape index (κ2) is 6.75. The van der Waals surface area contributed by atoms with Crippen LogP contribution in [0.25, 0.3) is 0 Å². The van der Waals surface area contributed by atoms with Crippen LogP contribution in [0.2, 0.25) is 0 Å². The van der Waals surface area contributed by atoms with Crippen molar-refractivity contribution in [3.05, 3.63) is 23.9 Å². The third kappa shape index (κ3) is 3.66. The van der Waals surface area contributed by atoms with Crippen LogP contribution in [0.15, 0.2) is 23.4 Å². The number of pyridine rings is 1. The Labute approximate surface area is 135 Å². The van der Waals surface area contributed by atoms with Crippen LogP contribution in [-0.2, 0) is 14.6 Å². The molecule has 0 aromatic carbocycles. The molecule has 24 heavy (non-hydrogen) atoms. The summed E-state index contributed by atoms with van der Waals surface area (Å²) in [6.45, 7) is 0.670. The molecule has 2 amide bonds. The van der Waals surface area contributed by atoms with Gasteiger partial charge in [0, 0.05) is 19.3 Å². The van der Waals surface area contributed by atoms with Crippen molar-refractivity contribution in [3.63, 3.8) is 0 Å². The summed E-state index contributed by atoms with van der Waals surface area (Å²) >= 11 is 0. The molecule has 0 radical (unpaired) electrons. The van der Waals surface area contributed by atoms with Crippen LogP contribution in [0, 0.1) is 0 Å². The van der Waals surface area contributed by atoms with Crippen molar-refractivity contribution in [2.75, 3.05) is 19.6 Å². The monoisotopic (exact) mass is 365 g/mol. The molecule has 1 aliphatic heterocycles. The molecule has 0 aliphatic carbocycles. The molecule has 2 heterocycles. The standard InChI is InChI=1S/C13H14F3N3O4S/c14-13(15,16)24(22,23)12-9(4-3-5-17-12)11(21)18-8-10(20)19-6-1-2-7-19/h3-5H,1-2,6-8H2,(H,18,21). The molecule has 11 heteroatoms. The number of likely N-dealkylation sites (tertiary alicyclic amines) is 1. The summed E-state index contributed by atoms with van der Waals surface area (Å²) in [5.74, 6) is -1.50. The normalized spacial score (nSPS) is 15.4. The fourth-order valence-electron chi connectivity index (χ4n) is 2.22. The molecule has 0 saturated carbocycles. The van der Waals surface area contributed by atoms with Gasteiger partial charge in [-0.1, -0.05) is 0 Å². The first kappa shape index (κ1) is 18.2. The van der Waals surface area contributed by atoms with Gasteiger partial charge >= 0.3 is 5.51 Å². The highest BCUT2D eigenvalue weighted by atomic mass is 32.2. The maximum atomic E-state index is 12.7. The van der Waals surface area contributed by atoms with Gasteiger partial charge in [-0.3, -0.25) is 9.59 Å². The van der Waals surface area contributed by atoms with E-state index in [0.717, 1.165) is 31.2 Å². The average Bonchev–Trinajstić information content (AvgIpc) is 3.05. The van der Waals surface area contributed by atoms with E-state index in [-0.39, 0.29) is 5.91 Å². The van der Waals surface area contributed by atoms with Crippen molar-refractivity contribution in [2.45, 2.75) is 23.4 Å². The van der Waals surface area contributed by atoms with Crippen LogP contribution < -0.4 is 5.32 Å². The number of halogens is 3.